The molecule has 3 aromatic carbocycles. The van der Waals surface area contributed by atoms with E-state index in [0.717, 1.165) is 48.5 Å². The van der Waals surface area contributed by atoms with E-state index >= 15 is 0 Å². The predicted molar refractivity (Wildman–Crippen MR) is 178 cm³/mol. The van der Waals surface area contributed by atoms with Crippen LogP contribution in [0.1, 0.15) is 28.8 Å². The number of imidazole rings is 1. The number of carboxylic acid groups (broad SMARTS) is 2. The number of anilines is 1. The van der Waals surface area contributed by atoms with Gasteiger partial charge in [-0.1, -0.05) is 42.5 Å². The van der Waals surface area contributed by atoms with Crippen LogP contribution in [-0.4, -0.2) is 74.7 Å². The molecule has 0 unspecified atom stereocenters. The molecule has 13 heteroatoms. The Morgan fingerprint density at radius 2 is 1.60 bits per heavy atom. The largest absolute Gasteiger partial charge is 0.478 e. The van der Waals surface area contributed by atoms with Crippen LogP contribution in [0.5, 0.6) is 0 Å². The highest BCUT2D eigenvalue weighted by atomic mass is 19.1. The highest BCUT2D eigenvalue weighted by Gasteiger charge is 2.22. The zero-order chi connectivity index (χ0) is 34.0. The second-order valence-corrected chi connectivity index (χ2v) is 11.1. The van der Waals surface area contributed by atoms with Crippen LogP contribution in [0.15, 0.2) is 100 Å². The van der Waals surface area contributed by atoms with Gasteiger partial charge in [-0.15, -0.1) is 0 Å². The van der Waals surface area contributed by atoms with Gasteiger partial charge in [0.25, 0.3) is 5.91 Å². The molecule has 1 fully saturated rings. The van der Waals surface area contributed by atoms with Crippen molar-refractivity contribution in [1.82, 2.24) is 19.8 Å². The number of aliphatic carboxylic acids is 2. The molecule has 0 atom stereocenters. The highest BCUT2D eigenvalue weighted by molar-refractivity contribution is 5.96. The highest BCUT2D eigenvalue weighted by Crippen LogP contribution is 2.24. The van der Waals surface area contributed by atoms with E-state index in [9.17, 15) is 23.6 Å². The maximum absolute atomic E-state index is 13.4. The first-order valence-electron chi connectivity index (χ1n) is 15.3. The van der Waals surface area contributed by atoms with Gasteiger partial charge in [0.05, 0.1) is 17.6 Å². The lowest BCUT2D eigenvalue weighted by Crippen LogP contribution is -2.43. The van der Waals surface area contributed by atoms with Crippen molar-refractivity contribution in [1.29, 1.82) is 0 Å². The third-order valence-corrected chi connectivity index (χ3v) is 7.80. The number of piperidine rings is 1. The molecule has 0 radical (unpaired) electrons. The fourth-order valence-corrected chi connectivity index (χ4v) is 5.39. The quantitative estimate of drug-likeness (QED) is 0.126. The smallest absolute Gasteiger partial charge is 0.349 e. The van der Waals surface area contributed by atoms with Gasteiger partial charge in [0, 0.05) is 49.8 Å². The maximum atomic E-state index is 13.4. The summed E-state index contributed by atoms with van der Waals surface area (Å²) < 4.78 is 20.9. The summed E-state index contributed by atoms with van der Waals surface area (Å²) in [5.74, 6) is -2.37. The van der Waals surface area contributed by atoms with Crippen molar-refractivity contribution >= 4 is 45.8 Å². The van der Waals surface area contributed by atoms with Crippen molar-refractivity contribution in [2.24, 2.45) is 0 Å². The lowest BCUT2D eigenvalue weighted by atomic mass is 10.1. The number of hydrogen-bond acceptors (Lipinski definition) is 8. The normalized spacial score (nSPS) is 13.7. The Hall–Kier alpha value is -5.82. The molecule has 6 rings (SSSR count). The van der Waals surface area contributed by atoms with Crippen LogP contribution in [0, 0.1) is 5.82 Å². The number of hydrogen-bond donors (Lipinski definition) is 4. The fraction of sp³-hybridized carbons (Fsp3) is 0.229. The Morgan fingerprint density at radius 3 is 2.31 bits per heavy atom. The summed E-state index contributed by atoms with van der Waals surface area (Å²) >= 11 is 0. The number of amides is 1. The topological polar surface area (TPSA) is 167 Å². The number of benzene rings is 3. The average Bonchev–Trinajstić information content (AvgIpc) is 3.41. The molecule has 1 amide bonds. The molecule has 4 N–H and O–H groups in total. The van der Waals surface area contributed by atoms with Crippen molar-refractivity contribution in [3.63, 3.8) is 0 Å². The van der Waals surface area contributed by atoms with E-state index in [0.29, 0.717) is 42.8 Å². The molecule has 248 valence electrons. The van der Waals surface area contributed by atoms with Crippen molar-refractivity contribution in [2.75, 3.05) is 31.5 Å². The Balaban J connectivity index is 0.000000503. The summed E-state index contributed by atoms with van der Waals surface area (Å²) in [7, 11) is 0. The number of carboxylic acids is 2. The van der Waals surface area contributed by atoms with Crippen molar-refractivity contribution in [3.8, 4) is 0 Å². The molecule has 1 aliphatic heterocycles. The Labute approximate surface area is 274 Å². The van der Waals surface area contributed by atoms with Gasteiger partial charge in [-0.3, -0.25) is 4.79 Å². The number of para-hydroxylation sites is 3. The molecule has 1 saturated heterocycles. The third-order valence-electron chi connectivity index (χ3n) is 7.80. The summed E-state index contributed by atoms with van der Waals surface area (Å²) in [5.41, 5.74) is 2.81. The number of rotatable bonds is 10. The number of carbonyl (C=O) groups is 3. The second-order valence-electron chi connectivity index (χ2n) is 11.1. The van der Waals surface area contributed by atoms with Crippen molar-refractivity contribution in [2.45, 2.75) is 25.4 Å². The maximum Gasteiger partial charge on any atom is 0.349 e. The van der Waals surface area contributed by atoms with Crippen molar-refractivity contribution in [3.05, 3.63) is 118 Å². The lowest BCUT2D eigenvalue weighted by Gasteiger charge is -2.32. The molecular weight excluding hydrogens is 621 g/mol. The van der Waals surface area contributed by atoms with Gasteiger partial charge in [0.2, 0.25) is 5.95 Å². The number of nitrogens with zero attached hydrogens (tertiary/aromatic N) is 3. The minimum Gasteiger partial charge on any atom is -0.478 e. The van der Waals surface area contributed by atoms with Crippen LogP contribution >= 0.6 is 0 Å². The number of likely N-dealkylation sites (tertiary alicyclic amines) is 1. The molecular formula is C35H34FN5O7. The summed E-state index contributed by atoms with van der Waals surface area (Å²) in [5, 5.41) is 22.8. The average molecular weight is 656 g/mol. The lowest BCUT2D eigenvalue weighted by molar-refractivity contribution is -0.134. The summed E-state index contributed by atoms with van der Waals surface area (Å²) in [4.78, 5) is 51.2. The van der Waals surface area contributed by atoms with E-state index in [1.807, 2.05) is 30.3 Å². The molecule has 1 aliphatic rings. The summed E-state index contributed by atoms with van der Waals surface area (Å²) in [6.45, 7) is 3.49. The minimum atomic E-state index is -1.26. The number of nitrogens with one attached hydrogen (secondary N) is 2. The molecule has 5 aromatic rings. The molecule has 0 aliphatic carbocycles. The molecule has 0 bridgehead atoms. The molecule has 48 heavy (non-hydrogen) atoms. The number of aromatic nitrogens is 2. The van der Waals surface area contributed by atoms with Crippen LogP contribution in [-0.2, 0) is 16.1 Å². The fourth-order valence-electron chi connectivity index (χ4n) is 5.39. The standard InChI is InChI=1S/C31H30FN5O3.C4H4O4/c32-23-11-9-21(10-12-23)20-37-27-7-3-2-6-26(27)35-31(37)34-24-13-16-36(17-14-24)18-15-33-29(38)25-19-22-5-1-4-8-28(22)40-30(25)39;5-3(6)1-2-4(7)8/h1-12,19,24H,13-18,20H2,(H,33,38)(H,34,35);1-2H,(H,5,6)(H,7,8)/b;2-1+. The van der Waals surface area contributed by atoms with Gasteiger partial charge in [-0.2, -0.15) is 0 Å². The van der Waals surface area contributed by atoms with E-state index in [1.54, 1.807) is 30.3 Å². The van der Waals surface area contributed by atoms with Crippen LogP contribution in [0.3, 0.4) is 0 Å². The van der Waals surface area contributed by atoms with E-state index in [4.69, 9.17) is 19.6 Å². The van der Waals surface area contributed by atoms with Gasteiger partial charge in [-0.25, -0.2) is 23.8 Å². The van der Waals surface area contributed by atoms with Crippen LogP contribution in [0.25, 0.3) is 22.0 Å². The van der Waals surface area contributed by atoms with Gasteiger partial charge in [0.15, 0.2) is 0 Å². The van der Waals surface area contributed by atoms with E-state index in [2.05, 4.69) is 26.2 Å². The zero-order valence-corrected chi connectivity index (χ0v) is 25.8. The molecule has 0 spiro atoms. The van der Waals surface area contributed by atoms with Crippen molar-refractivity contribution < 1.29 is 33.4 Å². The summed E-state index contributed by atoms with van der Waals surface area (Å²) in [6, 6.07) is 23.6. The zero-order valence-electron chi connectivity index (χ0n) is 25.8. The van der Waals surface area contributed by atoms with Gasteiger partial charge in [-0.05, 0) is 54.8 Å². The molecule has 3 heterocycles. The van der Waals surface area contributed by atoms with E-state index in [-0.39, 0.29) is 17.4 Å². The molecule has 12 nitrogen and oxygen atoms in total. The van der Waals surface area contributed by atoms with E-state index < -0.39 is 23.5 Å². The second kappa shape index (κ2) is 15.6. The molecule has 0 saturated carbocycles. The van der Waals surface area contributed by atoms with Gasteiger partial charge < -0.3 is 34.7 Å². The summed E-state index contributed by atoms with van der Waals surface area (Å²) in [6.07, 6.45) is 2.98. The van der Waals surface area contributed by atoms with Crippen LogP contribution < -0.4 is 16.3 Å². The Kier molecular flexibility index (Phi) is 10.9. The first-order valence-corrected chi connectivity index (χ1v) is 15.3. The van der Waals surface area contributed by atoms with Crippen LogP contribution in [0.2, 0.25) is 0 Å². The third kappa shape index (κ3) is 8.91. The van der Waals surface area contributed by atoms with E-state index in [1.165, 1.54) is 12.1 Å². The minimum absolute atomic E-state index is 0.0186. The monoisotopic (exact) mass is 655 g/mol. The SMILES string of the molecule is O=C(NCCN1CCC(Nc2nc3ccccc3n2Cc2ccc(F)cc2)CC1)c1cc2ccccc2oc1=O.O=C(O)/C=C/C(=O)O. The number of halogens is 1. The molecule has 2 aromatic heterocycles. The first-order chi connectivity index (χ1) is 23.2. The number of carbonyl (C=O) groups excluding carboxylic acids is 1. The first kappa shape index (κ1) is 33.5. The van der Waals surface area contributed by atoms with Gasteiger partial charge in [0.1, 0.15) is 17.0 Å². The predicted octanol–water partition coefficient (Wildman–Crippen LogP) is 4.35. The van der Waals surface area contributed by atoms with Gasteiger partial charge >= 0.3 is 17.6 Å². The van der Waals surface area contributed by atoms with Crippen LogP contribution in [0.4, 0.5) is 10.3 Å². The number of fused-ring (bicyclic) bond motifs is 2. The Morgan fingerprint density at radius 1 is 0.938 bits per heavy atom. The Bertz CT molecular complexity index is 1980.